The summed E-state index contributed by atoms with van der Waals surface area (Å²) in [7, 11) is 1.64. The minimum Gasteiger partial charge on any atom is -0.497 e. The first-order chi connectivity index (χ1) is 13.6. The molecule has 0 fully saturated rings. The number of nitrogens with one attached hydrogen (secondary N) is 1. The van der Waals surface area contributed by atoms with E-state index >= 15 is 0 Å². The van der Waals surface area contributed by atoms with Crippen LogP contribution in [0.25, 0.3) is 11.4 Å². The summed E-state index contributed by atoms with van der Waals surface area (Å²) in [5.41, 5.74) is 3.50. The summed E-state index contributed by atoms with van der Waals surface area (Å²) in [6.45, 7) is 3.34. The maximum Gasteiger partial charge on any atom is 0.236 e. The van der Waals surface area contributed by atoms with Gasteiger partial charge in [0.25, 0.3) is 0 Å². The zero-order chi connectivity index (χ0) is 19.5. The van der Waals surface area contributed by atoms with E-state index in [1.807, 2.05) is 42.2 Å². The highest BCUT2D eigenvalue weighted by Gasteiger charge is 2.26. The second-order valence-corrected chi connectivity index (χ2v) is 8.04. The van der Waals surface area contributed by atoms with E-state index in [0.717, 1.165) is 24.3 Å². The molecule has 2 aromatic carbocycles. The van der Waals surface area contributed by atoms with Crippen molar-refractivity contribution < 1.29 is 9.53 Å². The van der Waals surface area contributed by atoms with Crippen LogP contribution in [0.15, 0.2) is 53.7 Å². The van der Waals surface area contributed by atoms with Gasteiger partial charge in [0.1, 0.15) is 5.75 Å². The number of hydrogen-bond donors (Lipinski definition) is 1. The van der Waals surface area contributed by atoms with Gasteiger partial charge in [-0.05, 0) is 48.7 Å². The molecule has 1 amide bonds. The number of amides is 1. The fourth-order valence-electron chi connectivity index (χ4n) is 3.33. The lowest BCUT2D eigenvalue weighted by Gasteiger charge is -2.30. The van der Waals surface area contributed by atoms with Crippen LogP contribution in [0, 0.1) is 0 Å². The van der Waals surface area contributed by atoms with Crippen LogP contribution in [-0.2, 0) is 17.8 Å². The Morgan fingerprint density at radius 2 is 1.93 bits per heavy atom. The van der Waals surface area contributed by atoms with Gasteiger partial charge >= 0.3 is 0 Å². The van der Waals surface area contributed by atoms with Crippen molar-refractivity contribution >= 4 is 17.7 Å². The van der Waals surface area contributed by atoms with Crippen molar-refractivity contribution in [2.45, 2.75) is 30.3 Å². The minimum atomic E-state index is -0.246. The topological polar surface area (TPSA) is 71.1 Å². The highest BCUT2D eigenvalue weighted by atomic mass is 32.2. The van der Waals surface area contributed by atoms with E-state index in [1.54, 1.807) is 7.11 Å². The summed E-state index contributed by atoms with van der Waals surface area (Å²) < 4.78 is 5.18. The summed E-state index contributed by atoms with van der Waals surface area (Å²) in [4.78, 5) is 19.3. The van der Waals surface area contributed by atoms with Gasteiger partial charge in [0, 0.05) is 18.7 Å². The largest absolute Gasteiger partial charge is 0.497 e. The second-order valence-electron chi connectivity index (χ2n) is 6.73. The van der Waals surface area contributed by atoms with Gasteiger partial charge in [-0.3, -0.25) is 9.89 Å². The molecule has 4 rings (SSSR count). The van der Waals surface area contributed by atoms with Gasteiger partial charge in [0.05, 0.1) is 12.4 Å². The van der Waals surface area contributed by atoms with E-state index in [1.165, 1.54) is 22.9 Å². The van der Waals surface area contributed by atoms with E-state index in [4.69, 9.17) is 4.74 Å². The van der Waals surface area contributed by atoms with Gasteiger partial charge < -0.3 is 9.64 Å². The molecule has 0 saturated carbocycles. The van der Waals surface area contributed by atoms with Gasteiger partial charge in [0.15, 0.2) is 5.82 Å². The number of thioether (sulfide) groups is 1. The molecule has 0 bridgehead atoms. The zero-order valence-corrected chi connectivity index (χ0v) is 16.7. The SMILES string of the molecule is COc1ccc(-c2nc(S[C@H](C)C(=O)N3CCc4ccccc4C3)n[nH]2)cc1. The second kappa shape index (κ2) is 8.06. The molecule has 1 atom stereocenters. The third-order valence-corrected chi connectivity index (χ3v) is 5.85. The molecule has 6 nitrogen and oxygen atoms in total. The molecule has 0 spiro atoms. The summed E-state index contributed by atoms with van der Waals surface area (Å²) in [6.07, 6.45) is 0.904. The number of carbonyl (C=O) groups is 1. The molecular formula is C21H22N4O2S. The molecule has 0 saturated heterocycles. The Morgan fingerprint density at radius 1 is 1.18 bits per heavy atom. The lowest BCUT2D eigenvalue weighted by atomic mass is 10.00. The zero-order valence-electron chi connectivity index (χ0n) is 15.9. The molecule has 7 heteroatoms. The van der Waals surface area contributed by atoms with Crippen LogP contribution >= 0.6 is 11.8 Å². The maximum absolute atomic E-state index is 12.9. The van der Waals surface area contributed by atoms with E-state index in [0.29, 0.717) is 17.5 Å². The molecule has 0 radical (unpaired) electrons. The Balaban J connectivity index is 1.40. The first kappa shape index (κ1) is 18.6. The Labute approximate surface area is 168 Å². The Bertz CT molecular complexity index is 971. The van der Waals surface area contributed by atoms with Crippen molar-refractivity contribution in [2.24, 2.45) is 0 Å². The predicted octanol–water partition coefficient (Wildman–Crippen LogP) is 3.55. The smallest absolute Gasteiger partial charge is 0.236 e. The summed E-state index contributed by atoms with van der Waals surface area (Å²) >= 11 is 1.38. The van der Waals surface area contributed by atoms with Crippen LogP contribution in [0.5, 0.6) is 5.75 Å². The van der Waals surface area contributed by atoms with Crippen molar-refractivity contribution in [3.63, 3.8) is 0 Å². The van der Waals surface area contributed by atoms with Crippen molar-refractivity contribution in [3.05, 3.63) is 59.7 Å². The number of benzene rings is 2. The normalized spacial score (nSPS) is 14.4. The van der Waals surface area contributed by atoms with Crippen LogP contribution in [0.2, 0.25) is 0 Å². The van der Waals surface area contributed by atoms with E-state index < -0.39 is 0 Å². The van der Waals surface area contributed by atoms with Crippen LogP contribution in [-0.4, -0.2) is 44.9 Å². The number of fused-ring (bicyclic) bond motifs is 1. The highest BCUT2D eigenvalue weighted by Crippen LogP contribution is 2.26. The molecule has 0 unspecified atom stereocenters. The number of hydrogen-bond acceptors (Lipinski definition) is 5. The van der Waals surface area contributed by atoms with Crippen LogP contribution in [0.3, 0.4) is 0 Å². The van der Waals surface area contributed by atoms with Crippen LogP contribution < -0.4 is 4.74 Å². The van der Waals surface area contributed by atoms with Gasteiger partial charge in [-0.25, -0.2) is 4.98 Å². The van der Waals surface area contributed by atoms with Crippen molar-refractivity contribution in [3.8, 4) is 17.1 Å². The Morgan fingerprint density at radius 3 is 2.68 bits per heavy atom. The fraction of sp³-hybridized carbons (Fsp3) is 0.286. The number of aromatic amines is 1. The molecule has 1 N–H and O–H groups in total. The number of H-pyrrole nitrogens is 1. The van der Waals surface area contributed by atoms with Crippen molar-refractivity contribution in [1.82, 2.24) is 20.1 Å². The van der Waals surface area contributed by atoms with Gasteiger partial charge in [-0.2, -0.15) is 0 Å². The average Bonchev–Trinajstić information content (AvgIpc) is 3.21. The lowest BCUT2D eigenvalue weighted by Crippen LogP contribution is -2.40. The van der Waals surface area contributed by atoms with E-state index in [2.05, 4.69) is 33.4 Å². The van der Waals surface area contributed by atoms with Crippen LogP contribution in [0.1, 0.15) is 18.1 Å². The van der Waals surface area contributed by atoms with E-state index in [-0.39, 0.29) is 11.2 Å². The average molecular weight is 395 g/mol. The molecule has 28 heavy (non-hydrogen) atoms. The van der Waals surface area contributed by atoms with Gasteiger partial charge in [-0.15, -0.1) is 5.10 Å². The standard InChI is InChI=1S/C21H22N4O2S/c1-14(20(26)25-12-11-15-5-3-4-6-17(15)13-25)28-21-22-19(23-24-21)16-7-9-18(27-2)10-8-16/h3-10,14H,11-13H2,1-2H3,(H,22,23,24)/t14-/m1/s1. The van der Waals surface area contributed by atoms with Crippen molar-refractivity contribution in [2.75, 3.05) is 13.7 Å². The number of aromatic nitrogens is 3. The summed E-state index contributed by atoms with van der Waals surface area (Å²) in [5, 5.41) is 7.54. The van der Waals surface area contributed by atoms with E-state index in [9.17, 15) is 4.79 Å². The summed E-state index contributed by atoms with van der Waals surface area (Å²) in [5.74, 6) is 1.59. The first-order valence-corrected chi connectivity index (χ1v) is 10.1. The molecule has 1 aromatic heterocycles. The van der Waals surface area contributed by atoms with Gasteiger partial charge in [0.2, 0.25) is 11.1 Å². The number of carbonyl (C=O) groups excluding carboxylic acids is 1. The number of rotatable bonds is 5. The minimum absolute atomic E-state index is 0.121. The first-order valence-electron chi connectivity index (χ1n) is 9.23. The predicted molar refractivity (Wildman–Crippen MR) is 109 cm³/mol. The lowest BCUT2D eigenvalue weighted by molar-refractivity contribution is -0.131. The Kier molecular flexibility index (Phi) is 5.34. The summed E-state index contributed by atoms with van der Waals surface area (Å²) in [6, 6.07) is 15.9. The molecule has 3 aromatic rings. The number of nitrogens with zero attached hydrogens (tertiary/aromatic N) is 3. The molecule has 0 aliphatic carbocycles. The third kappa shape index (κ3) is 3.89. The molecule has 1 aliphatic heterocycles. The highest BCUT2D eigenvalue weighted by molar-refractivity contribution is 8.00. The maximum atomic E-state index is 12.9. The molecular weight excluding hydrogens is 372 g/mol. The van der Waals surface area contributed by atoms with Crippen molar-refractivity contribution in [1.29, 1.82) is 0 Å². The van der Waals surface area contributed by atoms with Crippen LogP contribution in [0.4, 0.5) is 0 Å². The molecule has 144 valence electrons. The van der Waals surface area contributed by atoms with Gasteiger partial charge in [-0.1, -0.05) is 36.0 Å². The monoisotopic (exact) mass is 394 g/mol. The fourth-order valence-corrected chi connectivity index (χ4v) is 4.14. The molecule has 1 aliphatic rings. The number of ether oxygens (including phenoxy) is 1. The number of methoxy groups -OCH3 is 1. The Hall–Kier alpha value is -2.80. The third-order valence-electron chi connectivity index (χ3n) is 4.90. The quantitative estimate of drug-likeness (QED) is 0.670. The molecule has 2 heterocycles.